The standard InChI is InChI=1S/C46H42N4O6/c1-49(29-31-14-5-2-6-15-31)25-13-16-30-23-24-36-35(28-30)46(45(54)48-36)38(43(47)52)40-44(53)56-41(33-19-9-4-10-20-33)39(32-17-7-3-8-18-32)50(40)42(46)34-21-11-12-22-37(34)55-27-26-51/h2-12,14-15,17-24,28,38-42,51H,25-27,29H2,1H3,(H2,47,52)(H,48,54)/t38-,39-,40-,41+,42+,46-/m1/s1. The van der Waals surface area contributed by atoms with Crippen molar-refractivity contribution in [3.8, 4) is 17.6 Å². The Morgan fingerprint density at radius 3 is 2.25 bits per heavy atom. The van der Waals surface area contributed by atoms with E-state index in [1.54, 1.807) is 18.2 Å². The van der Waals surface area contributed by atoms with Crippen molar-refractivity contribution in [2.24, 2.45) is 11.7 Å². The highest BCUT2D eigenvalue weighted by Gasteiger charge is 2.74. The molecular formula is C46H42N4O6. The fraction of sp³-hybridized carbons (Fsp3) is 0.239. The normalized spacial score (nSPS) is 23.8. The lowest BCUT2D eigenvalue weighted by atomic mass is 9.65. The lowest BCUT2D eigenvalue weighted by molar-refractivity contribution is -0.178. The molecule has 282 valence electrons. The average Bonchev–Trinajstić information content (AvgIpc) is 3.69. The molecule has 0 bridgehead atoms. The Morgan fingerprint density at radius 1 is 0.893 bits per heavy atom. The highest BCUT2D eigenvalue weighted by Crippen LogP contribution is 2.65. The Labute approximate surface area is 325 Å². The van der Waals surface area contributed by atoms with Gasteiger partial charge in [0.1, 0.15) is 29.9 Å². The van der Waals surface area contributed by atoms with Crippen molar-refractivity contribution in [2.45, 2.75) is 36.2 Å². The molecule has 1 spiro atoms. The van der Waals surface area contributed by atoms with Crippen molar-refractivity contribution in [3.05, 3.63) is 167 Å². The molecule has 2 amide bonds. The first-order chi connectivity index (χ1) is 27.3. The number of anilines is 1. The van der Waals surface area contributed by atoms with E-state index in [4.69, 9.17) is 15.2 Å². The first kappa shape index (κ1) is 36.7. The number of nitrogens with two attached hydrogens (primary N) is 1. The van der Waals surface area contributed by atoms with Gasteiger partial charge in [-0.1, -0.05) is 121 Å². The summed E-state index contributed by atoms with van der Waals surface area (Å²) in [6, 6.07) is 39.0. The van der Waals surface area contributed by atoms with Crippen molar-refractivity contribution in [2.75, 3.05) is 32.1 Å². The smallest absolute Gasteiger partial charge is 0.324 e. The van der Waals surface area contributed by atoms with Gasteiger partial charge in [0.2, 0.25) is 11.8 Å². The molecule has 0 radical (unpaired) electrons. The quantitative estimate of drug-likeness (QED) is 0.130. The van der Waals surface area contributed by atoms with Gasteiger partial charge >= 0.3 is 5.97 Å². The number of carbonyl (C=O) groups excluding carboxylic acids is 3. The SMILES string of the molecule is CN(CC#Cc1ccc2c(c1)[C@]1(C(=O)N2)[C@H](c2ccccc2OCCO)N2[C@H](c3ccccc3)[C@H](c3ccccc3)OC(=O)[C@H]2[C@@H]1C(N)=O)Cc1ccccc1. The number of hydrogen-bond donors (Lipinski definition) is 3. The van der Waals surface area contributed by atoms with Gasteiger partial charge in [0.15, 0.2) is 0 Å². The number of fused-ring (bicyclic) bond motifs is 3. The molecule has 0 unspecified atom stereocenters. The van der Waals surface area contributed by atoms with Gasteiger partial charge < -0.3 is 25.6 Å². The third kappa shape index (κ3) is 6.39. The maximum atomic E-state index is 15.1. The number of ether oxygens (including phenoxy) is 2. The van der Waals surface area contributed by atoms with Crippen molar-refractivity contribution in [1.29, 1.82) is 0 Å². The summed E-state index contributed by atoms with van der Waals surface area (Å²) in [5, 5.41) is 12.9. The van der Waals surface area contributed by atoms with Gasteiger partial charge in [0, 0.05) is 23.4 Å². The van der Waals surface area contributed by atoms with E-state index in [1.165, 1.54) is 5.56 Å². The van der Waals surface area contributed by atoms with E-state index in [1.807, 2.05) is 115 Å². The number of morpholine rings is 1. The fourth-order valence-corrected chi connectivity index (χ4v) is 8.89. The molecule has 2 saturated heterocycles. The number of benzene rings is 5. The molecule has 0 aromatic heterocycles. The highest BCUT2D eigenvalue weighted by molar-refractivity contribution is 6.12. The van der Waals surface area contributed by atoms with E-state index in [9.17, 15) is 14.7 Å². The lowest BCUT2D eigenvalue weighted by Gasteiger charge is -2.46. The zero-order chi connectivity index (χ0) is 38.8. The zero-order valence-electron chi connectivity index (χ0n) is 30.9. The Bertz CT molecular complexity index is 2310. The molecule has 3 heterocycles. The Morgan fingerprint density at radius 2 is 1.55 bits per heavy atom. The maximum Gasteiger partial charge on any atom is 0.324 e. The summed E-state index contributed by atoms with van der Waals surface area (Å²) in [7, 11) is 2.00. The van der Waals surface area contributed by atoms with E-state index >= 15 is 4.79 Å². The second kappa shape index (κ2) is 15.5. The molecule has 0 saturated carbocycles. The van der Waals surface area contributed by atoms with Crippen LogP contribution in [0.25, 0.3) is 0 Å². The van der Waals surface area contributed by atoms with Gasteiger partial charge in [-0.2, -0.15) is 0 Å². The number of aliphatic hydroxyl groups excluding tert-OH is 1. The Kier molecular flexibility index (Phi) is 10.1. The van der Waals surface area contributed by atoms with Gasteiger partial charge in [-0.15, -0.1) is 0 Å². The number of para-hydroxylation sites is 1. The number of cyclic esters (lactones) is 1. The van der Waals surface area contributed by atoms with E-state index in [2.05, 4.69) is 34.2 Å². The van der Waals surface area contributed by atoms with Gasteiger partial charge in [-0.25, -0.2) is 0 Å². The summed E-state index contributed by atoms with van der Waals surface area (Å²) in [6.07, 6.45) is -0.812. The minimum atomic E-state index is -1.73. The number of nitrogens with one attached hydrogen (secondary N) is 1. The van der Waals surface area contributed by atoms with Crippen LogP contribution in [0.2, 0.25) is 0 Å². The van der Waals surface area contributed by atoms with E-state index < -0.39 is 53.3 Å². The number of nitrogens with zero attached hydrogens (tertiary/aromatic N) is 2. The van der Waals surface area contributed by atoms with Crippen LogP contribution in [0.4, 0.5) is 5.69 Å². The number of esters is 1. The van der Waals surface area contributed by atoms with Crippen LogP contribution >= 0.6 is 0 Å². The summed E-state index contributed by atoms with van der Waals surface area (Å²) in [5.41, 5.74) is 9.59. The molecule has 5 aromatic rings. The second-order valence-electron chi connectivity index (χ2n) is 14.5. The molecular weight excluding hydrogens is 705 g/mol. The van der Waals surface area contributed by atoms with Crippen molar-refractivity contribution >= 4 is 23.5 Å². The van der Waals surface area contributed by atoms with E-state index in [0.717, 1.165) is 17.7 Å². The molecule has 56 heavy (non-hydrogen) atoms. The zero-order valence-corrected chi connectivity index (χ0v) is 30.9. The van der Waals surface area contributed by atoms with Gasteiger partial charge in [-0.3, -0.25) is 24.2 Å². The molecule has 10 nitrogen and oxygen atoms in total. The lowest BCUT2D eigenvalue weighted by Crippen LogP contribution is -2.53. The van der Waals surface area contributed by atoms with Crippen molar-refractivity contribution < 1.29 is 29.0 Å². The summed E-state index contributed by atoms with van der Waals surface area (Å²) in [6.45, 7) is 0.942. The largest absolute Gasteiger partial charge is 0.491 e. The van der Waals surface area contributed by atoms with Crippen LogP contribution in [0.5, 0.6) is 5.75 Å². The summed E-state index contributed by atoms with van der Waals surface area (Å²) >= 11 is 0. The number of hydrogen-bond acceptors (Lipinski definition) is 8. The molecule has 2 fully saturated rings. The number of aliphatic hydroxyl groups is 1. The minimum Gasteiger partial charge on any atom is -0.491 e. The molecule has 4 N–H and O–H groups in total. The minimum absolute atomic E-state index is 0.0164. The van der Waals surface area contributed by atoms with Crippen LogP contribution in [-0.4, -0.2) is 65.5 Å². The Hall–Kier alpha value is -6.25. The Balaban J connectivity index is 1.33. The van der Waals surface area contributed by atoms with Gasteiger partial charge in [0.25, 0.3) is 0 Å². The van der Waals surface area contributed by atoms with Crippen LogP contribution in [-0.2, 0) is 31.1 Å². The third-order valence-corrected chi connectivity index (χ3v) is 11.1. The third-order valence-electron chi connectivity index (χ3n) is 11.1. The van der Waals surface area contributed by atoms with Crippen LogP contribution in [0.3, 0.4) is 0 Å². The van der Waals surface area contributed by atoms with Crippen LogP contribution in [0, 0.1) is 17.8 Å². The number of carbonyl (C=O) groups is 3. The van der Waals surface area contributed by atoms with Gasteiger partial charge in [0.05, 0.1) is 31.2 Å². The monoisotopic (exact) mass is 746 g/mol. The fourth-order valence-electron chi connectivity index (χ4n) is 8.89. The van der Waals surface area contributed by atoms with Crippen molar-refractivity contribution in [3.63, 3.8) is 0 Å². The summed E-state index contributed by atoms with van der Waals surface area (Å²) in [4.78, 5) is 48.0. The van der Waals surface area contributed by atoms with E-state index in [0.29, 0.717) is 34.7 Å². The second-order valence-corrected chi connectivity index (χ2v) is 14.5. The molecule has 0 aliphatic carbocycles. The number of rotatable bonds is 10. The molecule has 3 aliphatic heterocycles. The highest BCUT2D eigenvalue weighted by atomic mass is 16.6. The van der Waals surface area contributed by atoms with Crippen LogP contribution < -0.4 is 15.8 Å². The molecule has 3 aliphatic rings. The topological polar surface area (TPSA) is 134 Å². The first-order valence-corrected chi connectivity index (χ1v) is 18.7. The number of amides is 2. The first-order valence-electron chi connectivity index (χ1n) is 18.7. The van der Waals surface area contributed by atoms with Crippen LogP contribution in [0.15, 0.2) is 133 Å². The number of primary amides is 1. The predicted molar refractivity (Wildman–Crippen MR) is 211 cm³/mol. The van der Waals surface area contributed by atoms with Crippen LogP contribution in [0.1, 0.15) is 51.6 Å². The van der Waals surface area contributed by atoms with Gasteiger partial charge in [-0.05, 0) is 53.6 Å². The van der Waals surface area contributed by atoms with E-state index in [-0.39, 0.29) is 13.2 Å². The summed E-state index contributed by atoms with van der Waals surface area (Å²) in [5.74, 6) is 3.63. The maximum absolute atomic E-state index is 15.1. The molecule has 8 rings (SSSR count). The molecule has 5 aromatic carbocycles. The average molecular weight is 747 g/mol. The predicted octanol–water partition coefficient (Wildman–Crippen LogP) is 5.30. The molecule has 10 heteroatoms. The van der Waals surface area contributed by atoms with Crippen molar-refractivity contribution in [1.82, 2.24) is 9.80 Å². The molecule has 6 atom stereocenters. The summed E-state index contributed by atoms with van der Waals surface area (Å²) < 4.78 is 12.5.